The summed E-state index contributed by atoms with van der Waals surface area (Å²) < 4.78 is 5.23. The van der Waals surface area contributed by atoms with Gasteiger partial charge in [-0.2, -0.15) is 0 Å². The van der Waals surface area contributed by atoms with Crippen LogP contribution in [0, 0.1) is 55.4 Å². The van der Waals surface area contributed by atoms with E-state index >= 15 is 0 Å². The van der Waals surface area contributed by atoms with Gasteiger partial charge in [0.15, 0.2) is 0 Å². The second-order valence-corrected chi connectivity index (χ2v) is 5.99. The van der Waals surface area contributed by atoms with E-state index in [0.717, 1.165) is 11.1 Å². The number of hydrogen-bond acceptors (Lipinski definition) is 4. The van der Waals surface area contributed by atoms with Gasteiger partial charge in [-0.25, -0.2) is 4.79 Å². The largest absolute Gasteiger partial charge is 0.423 e. The number of ether oxygens (including phenoxy) is 1. The summed E-state index contributed by atoms with van der Waals surface area (Å²) in [7, 11) is 0. The maximum Gasteiger partial charge on any atom is 0.339 e. The first-order valence-corrected chi connectivity index (χ1v) is 6.57. The van der Waals surface area contributed by atoms with Gasteiger partial charge in [-0.15, -0.1) is 0 Å². The Balaban J connectivity index is 0.00000147. The fraction of sp³-hybridized carbons (Fsp3) is 0.533. The van der Waals surface area contributed by atoms with Crippen molar-refractivity contribution in [2.45, 2.75) is 39.4 Å². The molecule has 0 spiro atoms. The molecule has 105 valence electrons. The van der Waals surface area contributed by atoms with E-state index in [1.807, 2.05) is 13.0 Å². The van der Waals surface area contributed by atoms with E-state index < -0.39 is 12.2 Å². The van der Waals surface area contributed by atoms with Gasteiger partial charge in [0.05, 0.1) is 12.2 Å². The molecule has 0 saturated heterocycles. The van der Waals surface area contributed by atoms with E-state index in [1.165, 1.54) is 0 Å². The van der Waals surface area contributed by atoms with E-state index in [1.54, 1.807) is 13.0 Å². The molecule has 4 unspecified atom stereocenters. The third-order valence-electron chi connectivity index (χ3n) is 4.97. The molecule has 5 heteroatoms. The Hall–Kier alpha value is 0.0516. The average molecular weight is 489 g/mol. The molecule has 3 aliphatic rings. The zero-order chi connectivity index (χ0) is 13.9. The van der Waals surface area contributed by atoms with Crippen molar-refractivity contribution in [3.63, 3.8) is 0 Å². The van der Waals surface area contributed by atoms with Crippen LogP contribution in [-0.2, 0) is 9.53 Å². The molecule has 3 rings (SSSR count). The SMILES string of the molecule is CC1=C2CC3(C)C(=CC(O)C(O)C3C)C=C2OC1=O.[Ac]. The van der Waals surface area contributed by atoms with E-state index in [4.69, 9.17) is 4.74 Å². The van der Waals surface area contributed by atoms with Gasteiger partial charge in [0.2, 0.25) is 0 Å². The number of allylic oxidation sites excluding steroid dienone is 3. The van der Waals surface area contributed by atoms with Gasteiger partial charge in [0.1, 0.15) is 5.76 Å². The minimum absolute atomic E-state index is 0. The number of aliphatic hydroxyl groups excluding tert-OH is 2. The first kappa shape index (κ1) is 16.4. The van der Waals surface area contributed by atoms with Crippen LogP contribution in [0.1, 0.15) is 27.2 Å². The minimum Gasteiger partial charge on any atom is -0.423 e. The summed E-state index contributed by atoms with van der Waals surface area (Å²) in [6.45, 7) is 5.78. The quantitative estimate of drug-likeness (QED) is 0.506. The molecule has 0 aromatic heterocycles. The molecule has 0 amide bonds. The van der Waals surface area contributed by atoms with Crippen LogP contribution in [0.5, 0.6) is 0 Å². The summed E-state index contributed by atoms with van der Waals surface area (Å²) in [6.07, 6.45) is 2.53. The first-order chi connectivity index (χ1) is 8.84. The summed E-state index contributed by atoms with van der Waals surface area (Å²) in [5.41, 5.74) is 2.26. The number of rotatable bonds is 0. The zero-order valence-electron chi connectivity index (χ0n) is 11.9. The Labute approximate surface area is 154 Å². The van der Waals surface area contributed by atoms with Crippen molar-refractivity contribution in [2.24, 2.45) is 11.3 Å². The maximum atomic E-state index is 11.6. The van der Waals surface area contributed by atoms with Crippen molar-refractivity contribution in [3.8, 4) is 0 Å². The molecule has 2 aliphatic carbocycles. The number of hydrogen-bond donors (Lipinski definition) is 2. The van der Waals surface area contributed by atoms with Crippen molar-refractivity contribution in [3.05, 3.63) is 34.6 Å². The number of carbonyl (C=O) groups excluding carboxylic acids is 1. The van der Waals surface area contributed by atoms with E-state index in [-0.39, 0.29) is 61.4 Å². The predicted octanol–water partition coefficient (Wildman–Crippen LogP) is 1.45. The van der Waals surface area contributed by atoms with Gasteiger partial charge in [0, 0.05) is 60.6 Å². The van der Waals surface area contributed by atoms with Crippen LogP contribution < -0.4 is 0 Å². The van der Waals surface area contributed by atoms with Gasteiger partial charge < -0.3 is 14.9 Å². The molecular weight excluding hydrogens is 471 g/mol. The van der Waals surface area contributed by atoms with E-state index in [2.05, 4.69) is 6.92 Å². The molecule has 0 aromatic carbocycles. The Morgan fingerprint density at radius 1 is 1.40 bits per heavy atom. The van der Waals surface area contributed by atoms with Crippen LogP contribution in [0.25, 0.3) is 0 Å². The average Bonchev–Trinajstić information content (AvgIpc) is 2.62. The van der Waals surface area contributed by atoms with Crippen molar-refractivity contribution in [1.29, 1.82) is 0 Å². The van der Waals surface area contributed by atoms with Crippen LogP contribution in [0.15, 0.2) is 34.6 Å². The van der Waals surface area contributed by atoms with Gasteiger partial charge in [-0.3, -0.25) is 0 Å². The molecule has 4 nitrogen and oxygen atoms in total. The predicted molar refractivity (Wildman–Crippen MR) is 68.9 cm³/mol. The third-order valence-corrected chi connectivity index (χ3v) is 4.97. The number of esters is 1. The van der Waals surface area contributed by atoms with Gasteiger partial charge in [0.25, 0.3) is 0 Å². The van der Waals surface area contributed by atoms with Gasteiger partial charge >= 0.3 is 5.97 Å². The zero-order valence-corrected chi connectivity index (χ0v) is 16.6. The molecule has 4 atom stereocenters. The maximum absolute atomic E-state index is 11.6. The summed E-state index contributed by atoms with van der Waals surface area (Å²) in [6, 6.07) is 0. The van der Waals surface area contributed by atoms with Crippen LogP contribution >= 0.6 is 0 Å². The molecule has 1 aliphatic heterocycles. The minimum atomic E-state index is -0.862. The first-order valence-electron chi connectivity index (χ1n) is 6.57. The number of fused-ring (bicyclic) bond motifs is 2. The van der Waals surface area contributed by atoms with Crippen molar-refractivity contribution in [1.82, 2.24) is 0 Å². The van der Waals surface area contributed by atoms with Crippen LogP contribution in [-0.4, -0.2) is 28.4 Å². The second-order valence-electron chi connectivity index (χ2n) is 5.99. The molecule has 2 N–H and O–H groups in total. The molecule has 0 aromatic rings. The molecular formula is C15H18AcO4. The Morgan fingerprint density at radius 2 is 2.05 bits per heavy atom. The van der Waals surface area contributed by atoms with Crippen molar-refractivity contribution >= 4 is 5.97 Å². The number of carbonyl (C=O) groups is 1. The summed E-state index contributed by atoms with van der Waals surface area (Å²) >= 11 is 0. The van der Waals surface area contributed by atoms with Gasteiger partial charge in [-0.1, -0.05) is 13.8 Å². The Morgan fingerprint density at radius 3 is 2.70 bits per heavy atom. The topological polar surface area (TPSA) is 66.8 Å². The normalized spacial score (nSPS) is 39.2. The molecule has 0 fully saturated rings. The molecule has 0 bridgehead atoms. The van der Waals surface area contributed by atoms with Crippen molar-refractivity contribution in [2.75, 3.05) is 0 Å². The fourth-order valence-electron chi connectivity index (χ4n) is 3.28. The summed E-state index contributed by atoms with van der Waals surface area (Å²) in [5.74, 6) is 0.219. The molecule has 20 heavy (non-hydrogen) atoms. The van der Waals surface area contributed by atoms with Gasteiger partial charge in [-0.05, 0) is 37.0 Å². The van der Waals surface area contributed by atoms with Crippen LogP contribution in [0.3, 0.4) is 0 Å². The van der Waals surface area contributed by atoms with Crippen molar-refractivity contribution < 1.29 is 63.8 Å². The number of aliphatic hydroxyl groups is 2. The van der Waals surface area contributed by atoms with E-state index in [0.29, 0.717) is 17.8 Å². The Kier molecular flexibility index (Phi) is 4.40. The van der Waals surface area contributed by atoms with E-state index in [9.17, 15) is 15.0 Å². The van der Waals surface area contributed by atoms with Crippen LogP contribution in [0.2, 0.25) is 0 Å². The smallest absolute Gasteiger partial charge is 0.339 e. The second kappa shape index (κ2) is 5.35. The standard InChI is InChI=1S/C15H18O4.Ac/c1-7-10-6-15(3)8(2)13(17)11(16)4-9(15)5-12(10)19-14(7)18;/h4-5,8,11,13,16-17H,6H2,1-3H3;. The monoisotopic (exact) mass is 489 g/mol. The summed E-state index contributed by atoms with van der Waals surface area (Å²) in [5, 5.41) is 19.9. The Bertz CT molecular complexity index is 560. The fourth-order valence-corrected chi connectivity index (χ4v) is 3.28. The third kappa shape index (κ3) is 2.18. The molecule has 1 heterocycles. The van der Waals surface area contributed by atoms with Crippen LogP contribution in [0.4, 0.5) is 0 Å². The summed E-state index contributed by atoms with van der Waals surface area (Å²) in [4.78, 5) is 11.6. The molecule has 1 radical (unpaired) electrons. The molecule has 0 saturated carbocycles.